The molecule has 0 aliphatic rings. The Bertz CT molecular complexity index is 867. The van der Waals surface area contributed by atoms with Crippen LogP contribution in [0.15, 0.2) is 63.0 Å². The average molecular weight is 411 g/mol. The molecule has 0 spiro atoms. The normalized spacial score (nSPS) is 11.6. The van der Waals surface area contributed by atoms with Gasteiger partial charge in [0.25, 0.3) is 0 Å². The van der Waals surface area contributed by atoms with E-state index in [9.17, 15) is 8.42 Å². The first-order valence-electron chi connectivity index (χ1n) is 6.73. The largest absolute Gasteiger partial charge is 0.367 e. The van der Waals surface area contributed by atoms with Gasteiger partial charge >= 0.3 is 10.1 Å². The minimum atomic E-state index is -4.16. The van der Waals surface area contributed by atoms with Gasteiger partial charge in [0.05, 0.1) is 11.1 Å². The van der Waals surface area contributed by atoms with Gasteiger partial charge in [0, 0.05) is 10.0 Å². The van der Waals surface area contributed by atoms with E-state index >= 15 is 0 Å². The van der Waals surface area contributed by atoms with Crippen molar-refractivity contribution < 1.29 is 12.7 Å². The van der Waals surface area contributed by atoms with Gasteiger partial charge in [0.1, 0.15) is 0 Å². The molecule has 3 N–H and O–H groups in total. The lowest BCUT2D eigenvalue weighted by molar-refractivity contribution is 0.0284. The molecule has 0 aromatic heterocycles. The lowest BCUT2D eigenvalue weighted by atomic mass is 10.2. The smallest absolute Gasteiger partial charge is 0.319 e. The van der Waals surface area contributed by atoms with Gasteiger partial charge in [0.2, 0.25) is 5.96 Å². The molecule has 0 fully saturated rings. The van der Waals surface area contributed by atoms with E-state index in [-0.39, 0.29) is 4.90 Å². The van der Waals surface area contributed by atoms with Crippen LogP contribution in [-0.2, 0) is 14.4 Å². The fraction of sp³-hybridized carbons (Fsp3) is 0.0667. The van der Waals surface area contributed by atoms with E-state index in [1.54, 1.807) is 30.3 Å². The minimum absolute atomic E-state index is 0.0598. The lowest BCUT2D eigenvalue weighted by Gasteiger charge is -2.15. The van der Waals surface area contributed by atoms with Gasteiger partial charge in [-0.25, -0.2) is 0 Å². The number of benzene rings is 2. The zero-order valence-corrected chi connectivity index (χ0v) is 15.1. The highest BCUT2D eigenvalue weighted by Gasteiger charge is 2.21. The Kier molecular flexibility index (Phi) is 5.71. The second-order valence-electron chi connectivity index (χ2n) is 4.77. The van der Waals surface area contributed by atoms with Crippen LogP contribution in [0.4, 0.5) is 0 Å². The fourth-order valence-electron chi connectivity index (χ4n) is 1.66. The summed E-state index contributed by atoms with van der Waals surface area (Å²) in [5, 5.41) is 11.7. The number of aryl methyl sites for hydroxylation is 1. The van der Waals surface area contributed by atoms with Crippen molar-refractivity contribution in [3.8, 4) is 0 Å². The third kappa shape index (κ3) is 4.63. The number of nitrogens with one attached hydrogen (secondary N) is 1. The van der Waals surface area contributed by atoms with E-state index in [0.717, 1.165) is 10.0 Å². The molecule has 0 unspecified atom stereocenters. The summed E-state index contributed by atoms with van der Waals surface area (Å²) in [7, 11) is -4.16. The van der Waals surface area contributed by atoms with E-state index in [2.05, 4.69) is 21.0 Å². The van der Waals surface area contributed by atoms with Gasteiger partial charge in [0.15, 0.2) is 0 Å². The van der Waals surface area contributed by atoms with Crippen LogP contribution >= 0.6 is 15.9 Å². The summed E-state index contributed by atoms with van der Waals surface area (Å²) in [6.45, 7) is 1.83. The molecule has 0 aliphatic heterocycles. The maximum atomic E-state index is 12.2. The number of hydrazone groups is 1. The number of rotatable bonds is 5. The molecule has 24 heavy (non-hydrogen) atoms. The molecule has 0 amide bonds. The molecule has 7 nitrogen and oxygen atoms in total. The lowest BCUT2D eigenvalue weighted by Crippen LogP contribution is -2.34. The number of hydrogen-bond donors (Lipinski definition) is 2. The van der Waals surface area contributed by atoms with Crippen LogP contribution in [0.1, 0.15) is 11.1 Å². The second kappa shape index (κ2) is 7.56. The monoisotopic (exact) mass is 410 g/mol. The molecule has 2 rings (SSSR count). The molecule has 0 saturated carbocycles. The third-order valence-electron chi connectivity index (χ3n) is 2.89. The predicted octanol–water partition coefficient (Wildman–Crippen LogP) is 2.61. The summed E-state index contributed by atoms with van der Waals surface area (Å²) in [5.74, 6) is -0.672. The Morgan fingerprint density at radius 2 is 1.88 bits per heavy atom. The van der Waals surface area contributed by atoms with Crippen LogP contribution < -0.4 is 5.73 Å². The van der Waals surface area contributed by atoms with Crippen molar-refractivity contribution in [3.63, 3.8) is 0 Å². The quantitative estimate of drug-likeness (QED) is 0.447. The second-order valence-corrected chi connectivity index (χ2v) is 7.15. The Labute approximate surface area is 148 Å². The average Bonchev–Trinajstić information content (AvgIpc) is 2.53. The van der Waals surface area contributed by atoms with Crippen molar-refractivity contribution in [2.24, 2.45) is 10.8 Å². The first-order valence-corrected chi connectivity index (χ1v) is 8.93. The first-order chi connectivity index (χ1) is 11.3. The van der Waals surface area contributed by atoms with E-state index in [0.29, 0.717) is 10.7 Å². The zero-order valence-electron chi connectivity index (χ0n) is 12.7. The summed E-state index contributed by atoms with van der Waals surface area (Å²) in [6.07, 6.45) is 1.33. The summed E-state index contributed by atoms with van der Waals surface area (Å²) in [5.41, 5.74) is 6.92. The Morgan fingerprint density at radius 1 is 1.25 bits per heavy atom. The Morgan fingerprint density at radius 3 is 2.46 bits per heavy atom. The molecule has 0 aliphatic carbocycles. The van der Waals surface area contributed by atoms with Crippen molar-refractivity contribution in [2.45, 2.75) is 11.8 Å². The summed E-state index contributed by atoms with van der Waals surface area (Å²) in [4.78, 5) is -0.0598. The van der Waals surface area contributed by atoms with E-state index in [1.807, 2.05) is 13.0 Å². The van der Waals surface area contributed by atoms with Crippen LogP contribution in [0, 0.1) is 12.3 Å². The SMILES string of the molecule is Cc1ccc(S(=O)(=O)ON(N=Cc2ccccc2Br)C(=N)N)cc1. The van der Waals surface area contributed by atoms with Crippen LogP contribution in [0.3, 0.4) is 0 Å². The topological polar surface area (TPSA) is 109 Å². The van der Waals surface area contributed by atoms with Crippen LogP contribution in [-0.4, -0.2) is 25.8 Å². The highest BCUT2D eigenvalue weighted by molar-refractivity contribution is 9.10. The van der Waals surface area contributed by atoms with E-state index < -0.39 is 16.1 Å². The van der Waals surface area contributed by atoms with Gasteiger partial charge in [-0.2, -0.15) is 8.42 Å². The molecular formula is C15H15BrN4O3S. The maximum absolute atomic E-state index is 12.2. The van der Waals surface area contributed by atoms with Gasteiger partial charge in [-0.15, -0.1) is 9.39 Å². The zero-order chi connectivity index (χ0) is 17.7. The van der Waals surface area contributed by atoms with Crippen LogP contribution in [0.5, 0.6) is 0 Å². The predicted molar refractivity (Wildman–Crippen MR) is 94.9 cm³/mol. The molecule has 0 atom stereocenters. The molecule has 0 bridgehead atoms. The summed E-state index contributed by atoms with van der Waals surface area (Å²) >= 11 is 3.33. The van der Waals surface area contributed by atoms with Crippen molar-refractivity contribution in [2.75, 3.05) is 0 Å². The molecule has 2 aromatic rings. The van der Waals surface area contributed by atoms with Gasteiger partial charge in [-0.05, 0) is 25.1 Å². The van der Waals surface area contributed by atoms with E-state index in [1.165, 1.54) is 18.3 Å². The van der Waals surface area contributed by atoms with E-state index in [4.69, 9.17) is 15.4 Å². The van der Waals surface area contributed by atoms with Gasteiger partial charge < -0.3 is 5.73 Å². The highest BCUT2D eigenvalue weighted by Crippen LogP contribution is 2.16. The van der Waals surface area contributed by atoms with Crippen molar-refractivity contribution in [3.05, 3.63) is 64.1 Å². The van der Waals surface area contributed by atoms with Crippen molar-refractivity contribution in [1.82, 2.24) is 5.17 Å². The fourth-order valence-corrected chi connectivity index (χ4v) is 2.90. The van der Waals surface area contributed by atoms with Crippen molar-refractivity contribution in [1.29, 1.82) is 5.41 Å². The Balaban J connectivity index is 2.24. The molecule has 126 valence electrons. The van der Waals surface area contributed by atoms with Gasteiger partial charge in [-0.3, -0.25) is 5.41 Å². The molecule has 0 heterocycles. The summed E-state index contributed by atoms with van der Waals surface area (Å²) < 4.78 is 30.1. The Hall–Kier alpha value is -2.23. The maximum Gasteiger partial charge on any atom is 0.319 e. The van der Waals surface area contributed by atoms with Crippen LogP contribution in [0.2, 0.25) is 0 Å². The highest BCUT2D eigenvalue weighted by atomic mass is 79.9. The number of hydroxylamine groups is 1. The number of guanidine groups is 1. The van der Waals surface area contributed by atoms with Crippen LogP contribution in [0.25, 0.3) is 0 Å². The molecular weight excluding hydrogens is 396 g/mol. The third-order valence-corrected chi connectivity index (χ3v) is 4.80. The molecule has 9 heteroatoms. The number of nitrogens with two attached hydrogens (primary N) is 1. The summed E-state index contributed by atoms with van der Waals surface area (Å²) in [6, 6.07) is 13.2. The molecule has 0 saturated heterocycles. The van der Waals surface area contributed by atoms with Gasteiger partial charge in [-0.1, -0.05) is 57.0 Å². The number of halogens is 1. The standard InChI is InChI=1S/C15H15BrN4O3S/c1-11-6-8-13(9-7-11)24(21,22)23-20(15(17)18)19-10-12-4-2-3-5-14(12)16/h2-10H,1H3,(H3,17,18). The minimum Gasteiger partial charge on any atom is -0.367 e. The first kappa shape index (κ1) is 18.1. The van der Waals surface area contributed by atoms with Crippen molar-refractivity contribution >= 4 is 38.2 Å². The number of nitrogens with zero attached hydrogens (tertiary/aromatic N) is 2. The molecule has 2 aromatic carbocycles. The molecule has 0 radical (unpaired) electrons. The number of hydrogen-bond acceptors (Lipinski definition) is 5.